The van der Waals surface area contributed by atoms with Gasteiger partial charge in [-0.05, 0) is 31.9 Å². The van der Waals surface area contributed by atoms with Gasteiger partial charge >= 0.3 is 0 Å². The van der Waals surface area contributed by atoms with Crippen LogP contribution < -0.4 is 5.32 Å². The first-order chi connectivity index (χ1) is 9.13. The highest BCUT2D eigenvalue weighted by atomic mass is 32.1. The minimum atomic E-state index is -0.565. The number of aryl methyl sites for hydroxylation is 1. The van der Waals surface area contributed by atoms with E-state index in [2.05, 4.69) is 10.3 Å². The van der Waals surface area contributed by atoms with E-state index in [-0.39, 0.29) is 0 Å². The van der Waals surface area contributed by atoms with Crippen molar-refractivity contribution in [2.45, 2.75) is 32.4 Å². The van der Waals surface area contributed by atoms with Gasteiger partial charge in [-0.15, -0.1) is 11.3 Å². The number of thiazole rings is 1. The fourth-order valence-corrected chi connectivity index (χ4v) is 2.93. The van der Waals surface area contributed by atoms with Crippen molar-refractivity contribution in [1.82, 2.24) is 10.3 Å². The highest BCUT2D eigenvalue weighted by molar-refractivity contribution is 7.15. The lowest BCUT2D eigenvalue weighted by atomic mass is 10.2. The number of benzene rings is 1. The average molecular weight is 280 g/mol. The minimum absolute atomic E-state index is 0.368. The molecule has 1 saturated carbocycles. The van der Waals surface area contributed by atoms with Crippen LogP contribution in [0.15, 0.2) is 18.2 Å². The van der Waals surface area contributed by atoms with E-state index in [0.717, 1.165) is 23.2 Å². The zero-order valence-corrected chi connectivity index (χ0v) is 11.4. The van der Waals surface area contributed by atoms with Crippen LogP contribution in [0.25, 0.3) is 10.6 Å². The van der Waals surface area contributed by atoms with E-state index < -0.39 is 11.6 Å². The summed E-state index contributed by atoms with van der Waals surface area (Å²) in [6.07, 6.45) is 2.47. The average Bonchev–Trinajstić information content (AvgIpc) is 3.11. The van der Waals surface area contributed by atoms with Crippen LogP contribution in [0.2, 0.25) is 0 Å². The van der Waals surface area contributed by atoms with Gasteiger partial charge in [0.1, 0.15) is 16.6 Å². The van der Waals surface area contributed by atoms with E-state index in [4.69, 9.17) is 0 Å². The number of hydrogen-bond donors (Lipinski definition) is 1. The maximum Gasteiger partial charge on any atom is 0.136 e. The SMILES string of the molecule is Cc1nc(-c2ccc(F)cc2F)sc1CNC1CC1. The van der Waals surface area contributed by atoms with Crippen molar-refractivity contribution in [3.8, 4) is 10.6 Å². The Bertz CT molecular complexity index is 605. The molecule has 0 atom stereocenters. The second kappa shape index (κ2) is 4.98. The first-order valence-corrected chi connectivity index (χ1v) is 7.10. The Morgan fingerprint density at radius 1 is 1.37 bits per heavy atom. The number of nitrogens with zero attached hydrogens (tertiary/aromatic N) is 1. The zero-order valence-electron chi connectivity index (χ0n) is 10.5. The fourth-order valence-electron chi connectivity index (χ4n) is 1.89. The van der Waals surface area contributed by atoms with Crippen LogP contribution in [0.4, 0.5) is 8.78 Å². The molecule has 0 spiro atoms. The van der Waals surface area contributed by atoms with E-state index in [9.17, 15) is 8.78 Å². The molecule has 0 aliphatic heterocycles. The predicted octanol–water partition coefficient (Wildman–Crippen LogP) is 3.65. The van der Waals surface area contributed by atoms with Crippen LogP contribution in [-0.4, -0.2) is 11.0 Å². The van der Waals surface area contributed by atoms with Crippen molar-refractivity contribution < 1.29 is 8.78 Å². The molecule has 1 aromatic heterocycles. The van der Waals surface area contributed by atoms with E-state index in [0.29, 0.717) is 16.6 Å². The summed E-state index contributed by atoms with van der Waals surface area (Å²) in [7, 11) is 0. The number of hydrogen-bond acceptors (Lipinski definition) is 3. The molecule has 1 aliphatic rings. The lowest BCUT2D eigenvalue weighted by Crippen LogP contribution is -2.14. The third-order valence-corrected chi connectivity index (χ3v) is 4.37. The van der Waals surface area contributed by atoms with Crippen molar-refractivity contribution >= 4 is 11.3 Å². The number of nitrogens with one attached hydrogen (secondary N) is 1. The maximum absolute atomic E-state index is 13.7. The van der Waals surface area contributed by atoms with Gasteiger partial charge in [0.2, 0.25) is 0 Å². The molecule has 2 aromatic rings. The van der Waals surface area contributed by atoms with Gasteiger partial charge in [0, 0.05) is 29.1 Å². The highest BCUT2D eigenvalue weighted by Gasteiger charge is 2.21. The highest BCUT2D eigenvalue weighted by Crippen LogP contribution is 2.30. The van der Waals surface area contributed by atoms with Gasteiger partial charge in [-0.1, -0.05) is 0 Å². The smallest absolute Gasteiger partial charge is 0.136 e. The standard InChI is InChI=1S/C14H14F2N2S/c1-8-13(7-17-10-3-4-10)19-14(18-8)11-5-2-9(15)6-12(11)16/h2,5-6,10,17H,3-4,7H2,1H3. The summed E-state index contributed by atoms with van der Waals surface area (Å²) < 4.78 is 26.6. The number of aromatic nitrogens is 1. The second-order valence-electron chi connectivity index (χ2n) is 4.81. The molecule has 0 bridgehead atoms. The molecule has 2 nitrogen and oxygen atoms in total. The third kappa shape index (κ3) is 2.82. The molecule has 0 unspecified atom stereocenters. The van der Waals surface area contributed by atoms with Crippen molar-refractivity contribution in [3.63, 3.8) is 0 Å². The first-order valence-electron chi connectivity index (χ1n) is 6.28. The van der Waals surface area contributed by atoms with Crippen molar-refractivity contribution in [2.75, 3.05) is 0 Å². The number of rotatable bonds is 4. The molecule has 100 valence electrons. The summed E-state index contributed by atoms with van der Waals surface area (Å²) in [5.74, 6) is -1.12. The Kier molecular flexibility index (Phi) is 3.33. The topological polar surface area (TPSA) is 24.9 Å². The van der Waals surface area contributed by atoms with Crippen LogP contribution in [0.1, 0.15) is 23.4 Å². The largest absolute Gasteiger partial charge is 0.309 e. The molecule has 5 heteroatoms. The summed E-state index contributed by atoms with van der Waals surface area (Å²) in [5, 5.41) is 4.03. The van der Waals surface area contributed by atoms with Crippen molar-refractivity contribution in [1.29, 1.82) is 0 Å². The molecule has 1 aliphatic carbocycles. The molecular formula is C14H14F2N2S. The molecule has 19 heavy (non-hydrogen) atoms. The lowest BCUT2D eigenvalue weighted by Gasteiger charge is -1.99. The van der Waals surface area contributed by atoms with E-state index >= 15 is 0 Å². The van der Waals surface area contributed by atoms with Crippen LogP contribution in [-0.2, 0) is 6.54 Å². The Labute approximate surface area is 114 Å². The summed E-state index contributed by atoms with van der Waals surface area (Å²) in [5.41, 5.74) is 1.28. The van der Waals surface area contributed by atoms with Gasteiger partial charge in [0.15, 0.2) is 0 Å². The predicted molar refractivity (Wildman–Crippen MR) is 72.1 cm³/mol. The van der Waals surface area contributed by atoms with Crippen LogP contribution in [0.3, 0.4) is 0 Å². The Morgan fingerprint density at radius 3 is 2.84 bits per heavy atom. The van der Waals surface area contributed by atoms with Gasteiger partial charge in [0.25, 0.3) is 0 Å². The molecule has 1 aromatic carbocycles. The van der Waals surface area contributed by atoms with Crippen LogP contribution in [0.5, 0.6) is 0 Å². The van der Waals surface area contributed by atoms with Crippen LogP contribution >= 0.6 is 11.3 Å². The lowest BCUT2D eigenvalue weighted by molar-refractivity contribution is 0.585. The molecule has 1 heterocycles. The van der Waals surface area contributed by atoms with Gasteiger partial charge in [-0.2, -0.15) is 0 Å². The molecule has 0 radical (unpaired) electrons. The zero-order chi connectivity index (χ0) is 13.4. The van der Waals surface area contributed by atoms with Crippen molar-refractivity contribution in [2.24, 2.45) is 0 Å². The molecule has 1 N–H and O–H groups in total. The fraction of sp³-hybridized carbons (Fsp3) is 0.357. The van der Waals surface area contributed by atoms with Gasteiger partial charge in [-0.25, -0.2) is 13.8 Å². The van der Waals surface area contributed by atoms with Gasteiger partial charge in [-0.3, -0.25) is 0 Å². The first kappa shape index (κ1) is 12.7. The summed E-state index contributed by atoms with van der Waals surface area (Å²) in [6.45, 7) is 2.70. The normalized spacial score (nSPS) is 14.9. The molecule has 3 rings (SSSR count). The Morgan fingerprint density at radius 2 is 2.16 bits per heavy atom. The van der Waals surface area contributed by atoms with Gasteiger partial charge in [0.05, 0.1) is 5.69 Å². The summed E-state index contributed by atoms with van der Waals surface area (Å²) >= 11 is 1.47. The Hall–Kier alpha value is -1.33. The quantitative estimate of drug-likeness (QED) is 0.924. The van der Waals surface area contributed by atoms with Crippen LogP contribution in [0, 0.1) is 18.6 Å². The molecule has 1 fully saturated rings. The number of halogens is 2. The van der Waals surface area contributed by atoms with E-state index in [1.807, 2.05) is 6.92 Å². The summed E-state index contributed by atoms with van der Waals surface area (Å²) in [6, 6.07) is 4.24. The second-order valence-corrected chi connectivity index (χ2v) is 5.89. The maximum atomic E-state index is 13.7. The van der Waals surface area contributed by atoms with Crippen molar-refractivity contribution in [3.05, 3.63) is 40.4 Å². The molecule has 0 saturated heterocycles. The Balaban J connectivity index is 1.85. The van der Waals surface area contributed by atoms with E-state index in [1.165, 1.54) is 36.3 Å². The minimum Gasteiger partial charge on any atom is -0.309 e. The van der Waals surface area contributed by atoms with Gasteiger partial charge < -0.3 is 5.32 Å². The third-order valence-electron chi connectivity index (χ3n) is 3.18. The molecule has 0 amide bonds. The molecular weight excluding hydrogens is 266 g/mol. The summed E-state index contributed by atoms with van der Waals surface area (Å²) in [4.78, 5) is 5.50. The van der Waals surface area contributed by atoms with E-state index in [1.54, 1.807) is 0 Å². The monoisotopic (exact) mass is 280 g/mol.